The van der Waals surface area contributed by atoms with Crippen molar-refractivity contribution in [3.05, 3.63) is 62.9 Å². The predicted molar refractivity (Wildman–Crippen MR) is 117 cm³/mol. The SMILES string of the molecule is Cc1c(C(=O)NCCc2cn3ccccc3n2)sc2nc3n(c(=O)c12)CCCCC3. The van der Waals surface area contributed by atoms with E-state index in [1.807, 2.05) is 41.9 Å². The maximum atomic E-state index is 13.1. The van der Waals surface area contributed by atoms with Crippen molar-refractivity contribution in [3.63, 3.8) is 0 Å². The van der Waals surface area contributed by atoms with Crippen LogP contribution < -0.4 is 10.9 Å². The molecule has 154 valence electrons. The number of thiophene rings is 1. The number of aryl methyl sites for hydroxylation is 2. The van der Waals surface area contributed by atoms with Gasteiger partial charge in [0.05, 0.1) is 16.0 Å². The smallest absolute Gasteiger partial charge is 0.262 e. The van der Waals surface area contributed by atoms with Gasteiger partial charge in [0.1, 0.15) is 16.3 Å². The molecule has 0 saturated carbocycles. The van der Waals surface area contributed by atoms with Crippen molar-refractivity contribution < 1.29 is 4.79 Å². The lowest BCUT2D eigenvalue weighted by atomic mass is 10.2. The molecule has 1 aliphatic rings. The standard InChI is InChI=1S/C22H23N5O2S/c1-14-18-21(25-17-8-3-2-5-12-27(17)22(18)29)30-19(14)20(28)23-10-9-15-13-26-11-6-4-7-16(26)24-15/h4,6-7,11,13H,2-3,5,8-10,12H2,1H3,(H,23,28). The van der Waals surface area contributed by atoms with Crippen LogP contribution in [0.2, 0.25) is 0 Å². The molecule has 1 aliphatic heterocycles. The van der Waals surface area contributed by atoms with Gasteiger partial charge in [0.2, 0.25) is 0 Å². The zero-order valence-electron chi connectivity index (χ0n) is 16.9. The highest BCUT2D eigenvalue weighted by molar-refractivity contribution is 7.20. The van der Waals surface area contributed by atoms with Crippen LogP contribution in [0.25, 0.3) is 15.9 Å². The summed E-state index contributed by atoms with van der Waals surface area (Å²) in [4.78, 5) is 36.4. The number of rotatable bonds is 4. The quantitative estimate of drug-likeness (QED) is 0.549. The van der Waals surface area contributed by atoms with Crippen molar-refractivity contribution in [1.82, 2.24) is 24.3 Å². The number of hydrogen-bond acceptors (Lipinski definition) is 5. The molecule has 0 saturated heterocycles. The summed E-state index contributed by atoms with van der Waals surface area (Å²) < 4.78 is 3.77. The summed E-state index contributed by atoms with van der Waals surface area (Å²) in [7, 11) is 0. The molecular formula is C22H23N5O2S. The summed E-state index contributed by atoms with van der Waals surface area (Å²) in [6.07, 6.45) is 8.57. The molecule has 30 heavy (non-hydrogen) atoms. The molecule has 4 aromatic rings. The van der Waals surface area contributed by atoms with Crippen LogP contribution in [0.15, 0.2) is 35.4 Å². The summed E-state index contributed by atoms with van der Waals surface area (Å²) in [5.74, 6) is 0.698. The zero-order valence-corrected chi connectivity index (χ0v) is 17.7. The van der Waals surface area contributed by atoms with E-state index < -0.39 is 0 Å². The fourth-order valence-electron chi connectivity index (χ4n) is 4.12. The van der Waals surface area contributed by atoms with E-state index >= 15 is 0 Å². The first-order valence-electron chi connectivity index (χ1n) is 10.4. The van der Waals surface area contributed by atoms with Gasteiger partial charge in [-0.1, -0.05) is 12.5 Å². The van der Waals surface area contributed by atoms with Crippen LogP contribution in [-0.2, 0) is 19.4 Å². The predicted octanol–water partition coefficient (Wildman–Crippen LogP) is 3.11. The molecule has 4 aromatic heterocycles. The summed E-state index contributed by atoms with van der Waals surface area (Å²) in [5, 5.41) is 3.57. The third kappa shape index (κ3) is 3.31. The summed E-state index contributed by atoms with van der Waals surface area (Å²) >= 11 is 1.32. The molecule has 7 nitrogen and oxygen atoms in total. The summed E-state index contributed by atoms with van der Waals surface area (Å²) in [6.45, 7) is 3.05. The van der Waals surface area contributed by atoms with E-state index in [0.717, 1.165) is 48.4 Å². The van der Waals surface area contributed by atoms with Gasteiger partial charge in [0, 0.05) is 38.3 Å². The number of amides is 1. The van der Waals surface area contributed by atoms with Crippen LogP contribution in [-0.4, -0.2) is 31.4 Å². The average molecular weight is 422 g/mol. The Hall–Kier alpha value is -3.00. The average Bonchev–Trinajstić information content (AvgIpc) is 3.20. The van der Waals surface area contributed by atoms with Crippen molar-refractivity contribution in [2.75, 3.05) is 6.54 Å². The second-order valence-corrected chi connectivity index (χ2v) is 8.74. The van der Waals surface area contributed by atoms with E-state index in [-0.39, 0.29) is 11.5 Å². The van der Waals surface area contributed by atoms with E-state index in [2.05, 4.69) is 10.3 Å². The number of carbonyl (C=O) groups excluding carboxylic acids is 1. The largest absolute Gasteiger partial charge is 0.351 e. The van der Waals surface area contributed by atoms with Crippen LogP contribution in [0.5, 0.6) is 0 Å². The normalized spacial score (nSPS) is 14.0. The maximum Gasteiger partial charge on any atom is 0.262 e. The Morgan fingerprint density at radius 1 is 1.23 bits per heavy atom. The molecule has 0 aromatic carbocycles. The fourth-order valence-corrected chi connectivity index (χ4v) is 5.23. The van der Waals surface area contributed by atoms with Crippen molar-refractivity contribution in [1.29, 1.82) is 0 Å². The molecule has 0 atom stereocenters. The molecule has 0 fully saturated rings. The first-order valence-corrected chi connectivity index (χ1v) is 11.2. The lowest BCUT2D eigenvalue weighted by Crippen LogP contribution is -2.26. The van der Waals surface area contributed by atoms with E-state index in [4.69, 9.17) is 4.98 Å². The van der Waals surface area contributed by atoms with Gasteiger partial charge in [0.15, 0.2) is 0 Å². The Morgan fingerprint density at radius 3 is 3.00 bits per heavy atom. The Balaban J connectivity index is 1.36. The van der Waals surface area contributed by atoms with Crippen molar-refractivity contribution in [3.8, 4) is 0 Å². The second-order valence-electron chi connectivity index (χ2n) is 7.74. The van der Waals surface area contributed by atoms with Crippen molar-refractivity contribution in [2.24, 2.45) is 0 Å². The fraction of sp³-hybridized carbons (Fsp3) is 0.364. The minimum atomic E-state index is -0.154. The molecule has 0 unspecified atom stereocenters. The number of hydrogen-bond donors (Lipinski definition) is 1. The number of nitrogens with one attached hydrogen (secondary N) is 1. The number of imidazole rings is 1. The van der Waals surface area contributed by atoms with Crippen molar-refractivity contribution >= 4 is 33.1 Å². The topological polar surface area (TPSA) is 81.3 Å². The van der Waals surface area contributed by atoms with Gasteiger partial charge in [-0.05, 0) is 37.5 Å². The van der Waals surface area contributed by atoms with Gasteiger partial charge in [0.25, 0.3) is 11.5 Å². The number of carbonyl (C=O) groups is 1. The van der Waals surface area contributed by atoms with Gasteiger partial charge in [-0.2, -0.15) is 0 Å². The molecular weight excluding hydrogens is 398 g/mol. The van der Waals surface area contributed by atoms with Gasteiger partial charge in [-0.15, -0.1) is 11.3 Å². The minimum absolute atomic E-state index is 0.00518. The van der Waals surface area contributed by atoms with Crippen LogP contribution in [0, 0.1) is 6.92 Å². The second kappa shape index (κ2) is 7.68. The van der Waals surface area contributed by atoms with Crippen LogP contribution in [0.1, 0.15) is 46.0 Å². The number of nitrogens with zero attached hydrogens (tertiary/aromatic N) is 4. The molecule has 5 rings (SSSR count). The molecule has 8 heteroatoms. The molecule has 1 amide bonds. The lowest BCUT2D eigenvalue weighted by molar-refractivity contribution is 0.0957. The minimum Gasteiger partial charge on any atom is -0.351 e. The third-order valence-corrected chi connectivity index (χ3v) is 6.88. The van der Waals surface area contributed by atoms with Gasteiger partial charge in [-0.3, -0.25) is 14.2 Å². The van der Waals surface area contributed by atoms with E-state index in [1.54, 1.807) is 4.57 Å². The molecule has 0 bridgehead atoms. The first-order chi connectivity index (χ1) is 14.6. The van der Waals surface area contributed by atoms with E-state index in [1.165, 1.54) is 11.3 Å². The van der Waals surface area contributed by atoms with Crippen LogP contribution in [0.3, 0.4) is 0 Å². The molecule has 5 heterocycles. The van der Waals surface area contributed by atoms with Gasteiger partial charge >= 0.3 is 0 Å². The molecule has 1 N–H and O–H groups in total. The highest BCUT2D eigenvalue weighted by Crippen LogP contribution is 2.28. The maximum absolute atomic E-state index is 13.1. The highest BCUT2D eigenvalue weighted by Gasteiger charge is 2.22. The zero-order chi connectivity index (χ0) is 20.7. The monoisotopic (exact) mass is 421 g/mol. The lowest BCUT2D eigenvalue weighted by Gasteiger charge is -2.08. The highest BCUT2D eigenvalue weighted by atomic mass is 32.1. The number of fused-ring (bicyclic) bond motifs is 3. The number of aromatic nitrogens is 4. The summed E-state index contributed by atoms with van der Waals surface area (Å²) in [5.41, 5.74) is 2.55. The molecule has 0 aliphatic carbocycles. The van der Waals surface area contributed by atoms with E-state index in [9.17, 15) is 9.59 Å². The Labute approximate surface area is 177 Å². The Kier molecular flexibility index (Phi) is 4.86. The van der Waals surface area contributed by atoms with Crippen molar-refractivity contribution in [2.45, 2.75) is 45.6 Å². The Morgan fingerprint density at radius 2 is 2.13 bits per heavy atom. The first kappa shape index (κ1) is 19.0. The van der Waals surface area contributed by atoms with Crippen LogP contribution in [0.4, 0.5) is 0 Å². The number of pyridine rings is 1. The molecule has 0 spiro atoms. The van der Waals surface area contributed by atoms with Gasteiger partial charge < -0.3 is 9.72 Å². The third-order valence-electron chi connectivity index (χ3n) is 5.70. The summed E-state index contributed by atoms with van der Waals surface area (Å²) in [6, 6.07) is 5.87. The van der Waals surface area contributed by atoms with E-state index in [0.29, 0.717) is 34.6 Å². The van der Waals surface area contributed by atoms with Gasteiger partial charge in [-0.25, -0.2) is 9.97 Å². The van der Waals surface area contributed by atoms with Crippen LogP contribution >= 0.6 is 11.3 Å². The molecule has 0 radical (unpaired) electrons. The Bertz CT molecular complexity index is 1280.